The number of hydrogen-bond acceptors (Lipinski definition) is 8. The molecule has 216 valence electrons. The molecule has 0 aromatic heterocycles. The molecule has 2 aromatic rings. The summed E-state index contributed by atoms with van der Waals surface area (Å²) in [6.07, 6.45) is 1.78. The maximum Gasteiger partial charge on any atom is 0.337 e. The average Bonchev–Trinajstić information content (AvgIpc) is 3.59. The number of halogens is 1. The maximum atomic E-state index is 13.0. The topological polar surface area (TPSA) is 115 Å². The first-order valence-corrected chi connectivity index (χ1v) is 14.1. The molecule has 0 radical (unpaired) electrons. The molecule has 3 N–H and O–H groups in total. The lowest BCUT2D eigenvalue weighted by Gasteiger charge is -2.32. The molecule has 2 aromatic carbocycles. The van der Waals surface area contributed by atoms with Crippen LogP contribution in [0.5, 0.6) is 0 Å². The Morgan fingerprint density at radius 3 is 2.65 bits per heavy atom. The lowest BCUT2D eigenvalue weighted by atomic mass is 9.92. The highest BCUT2D eigenvalue weighted by Crippen LogP contribution is 2.31. The number of ether oxygens (including phenoxy) is 3. The summed E-state index contributed by atoms with van der Waals surface area (Å²) >= 11 is 6.19. The Balaban J connectivity index is 1.51. The quantitative estimate of drug-likeness (QED) is 0.377. The number of nitrogens with two attached hydrogens (primary N) is 1. The summed E-state index contributed by atoms with van der Waals surface area (Å²) in [5.41, 5.74) is 6.61. The van der Waals surface area contributed by atoms with Gasteiger partial charge in [0, 0.05) is 18.0 Å². The normalized spacial score (nSPS) is 23.1. The zero-order valence-corrected chi connectivity index (χ0v) is 24.1. The van der Waals surface area contributed by atoms with Gasteiger partial charge in [-0.25, -0.2) is 9.79 Å². The molecule has 0 spiro atoms. The first kappa shape index (κ1) is 30.0. The number of carbonyl (C=O) groups excluding carboxylic acids is 2. The van der Waals surface area contributed by atoms with Crippen LogP contribution >= 0.6 is 11.6 Å². The number of carbonyl (C=O) groups is 2. The molecular weight excluding hydrogens is 532 g/mol. The molecule has 0 aliphatic carbocycles. The Hall–Kier alpha value is -2.98. The second kappa shape index (κ2) is 13.6. The smallest absolute Gasteiger partial charge is 0.337 e. The predicted molar refractivity (Wildman–Crippen MR) is 154 cm³/mol. The van der Waals surface area contributed by atoms with E-state index in [0.717, 1.165) is 30.5 Å². The summed E-state index contributed by atoms with van der Waals surface area (Å²) in [5, 5.41) is 3.66. The highest BCUT2D eigenvalue weighted by molar-refractivity contribution is 6.30. The molecule has 5 atom stereocenters. The maximum absolute atomic E-state index is 13.0. The second-order valence-corrected chi connectivity index (χ2v) is 11.1. The summed E-state index contributed by atoms with van der Waals surface area (Å²) < 4.78 is 17.4. The third kappa shape index (κ3) is 7.40. The Labute approximate surface area is 241 Å². The van der Waals surface area contributed by atoms with E-state index < -0.39 is 17.6 Å². The molecule has 2 heterocycles. The van der Waals surface area contributed by atoms with Crippen molar-refractivity contribution in [2.75, 3.05) is 26.8 Å². The number of nitrogens with zero attached hydrogens (tertiary/aromatic N) is 2. The average molecular weight is 571 g/mol. The highest BCUT2D eigenvalue weighted by Gasteiger charge is 2.48. The molecule has 40 heavy (non-hydrogen) atoms. The number of benzene rings is 2. The van der Waals surface area contributed by atoms with Crippen molar-refractivity contribution in [3.05, 3.63) is 70.7 Å². The van der Waals surface area contributed by atoms with Crippen molar-refractivity contribution in [2.24, 2.45) is 10.7 Å². The molecule has 2 aliphatic rings. The zero-order chi connectivity index (χ0) is 28.7. The molecule has 2 aliphatic heterocycles. The fourth-order valence-electron chi connectivity index (χ4n) is 5.20. The monoisotopic (exact) mass is 570 g/mol. The van der Waals surface area contributed by atoms with Gasteiger partial charge in [0.2, 0.25) is 11.8 Å². The van der Waals surface area contributed by atoms with E-state index in [1.807, 2.05) is 55.5 Å². The van der Waals surface area contributed by atoms with Crippen molar-refractivity contribution in [3.8, 4) is 0 Å². The standard InChI is InChI=1S/C30H39ClN4O5/c1-20(32)27(36)33-25(21(2)39-18-22-9-5-4-6-10-22)17-35-14-8-13-26(35)28-34-30(19-40-28,29(37)38-3)16-23-11-7-12-24(31)15-23/h4-7,9-12,15,20-21,25-26H,8,13-14,16-19,32H2,1-3H3,(H,33,36)/t20-,21?,25+,26-,30+/m0/s1. The van der Waals surface area contributed by atoms with E-state index in [0.29, 0.717) is 30.5 Å². The Morgan fingerprint density at radius 1 is 1.20 bits per heavy atom. The lowest BCUT2D eigenvalue weighted by Crippen LogP contribution is -2.55. The van der Waals surface area contributed by atoms with Gasteiger partial charge in [-0.3, -0.25) is 9.69 Å². The van der Waals surface area contributed by atoms with Gasteiger partial charge in [-0.15, -0.1) is 0 Å². The van der Waals surface area contributed by atoms with Crippen LogP contribution in [0.25, 0.3) is 0 Å². The molecule has 9 nitrogen and oxygen atoms in total. The first-order chi connectivity index (χ1) is 19.2. The van der Waals surface area contributed by atoms with Gasteiger partial charge in [0.25, 0.3) is 0 Å². The summed E-state index contributed by atoms with van der Waals surface area (Å²) in [7, 11) is 1.36. The van der Waals surface area contributed by atoms with E-state index in [9.17, 15) is 9.59 Å². The molecule has 0 saturated carbocycles. The number of aliphatic imine (C=N–C) groups is 1. The number of nitrogens with one attached hydrogen (secondary N) is 1. The fraction of sp³-hybridized carbons (Fsp3) is 0.500. The van der Waals surface area contributed by atoms with Crippen LogP contribution in [0, 0.1) is 0 Å². The minimum atomic E-state index is -1.18. The molecule has 1 fully saturated rings. The largest absolute Gasteiger partial charge is 0.477 e. The molecule has 0 bridgehead atoms. The Bertz CT molecular complexity index is 1190. The van der Waals surface area contributed by atoms with Gasteiger partial charge in [0.05, 0.1) is 37.9 Å². The minimum absolute atomic E-state index is 0.0906. The van der Waals surface area contributed by atoms with E-state index in [1.165, 1.54) is 7.11 Å². The van der Waals surface area contributed by atoms with Gasteiger partial charge in [-0.05, 0) is 56.5 Å². The third-order valence-electron chi connectivity index (χ3n) is 7.48. The van der Waals surface area contributed by atoms with Crippen LogP contribution in [0.3, 0.4) is 0 Å². The van der Waals surface area contributed by atoms with Crippen LogP contribution in [0.2, 0.25) is 5.02 Å². The van der Waals surface area contributed by atoms with E-state index in [4.69, 9.17) is 36.5 Å². The number of rotatable bonds is 12. The van der Waals surface area contributed by atoms with Crippen molar-refractivity contribution < 1.29 is 23.8 Å². The van der Waals surface area contributed by atoms with Crippen LogP contribution in [0.4, 0.5) is 0 Å². The van der Waals surface area contributed by atoms with Crippen molar-refractivity contribution >= 4 is 29.4 Å². The van der Waals surface area contributed by atoms with Gasteiger partial charge in [-0.2, -0.15) is 0 Å². The number of hydrogen-bond donors (Lipinski definition) is 2. The van der Waals surface area contributed by atoms with Gasteiger partial charge in [0.15, 0.2) is 5.54 Å². The van der Waals surface area contributed by atoms with Crippen molar-refractivity contribution in [1.82, 2.24) is 10.2 Å². The van der Waals surface area contributed by atoms with Crippen LogP contribution in [-0.2, 0) is 36.8 Å². The summed E-state index contributed by atoms with van der Waals surface area (Å²) in [6.45, 7) is 5.44. The SMILES string of the molecule is COC(=O)[C@@]1(Cc2cccc(Cl)c2)COC([C@@H]2CCCN2C[C@@H](NC(=O)[C@H](C)N)C(C)OCc2ccccc2)=N1. The molecule has 4 rings (SSSR count). The molecule has 1 amide bonds. The zero-order valence-electron chi connectivity index (χ0n) is 23.3. The molecule has 1 unspecified atom stereocenters. The van der Waals surface area contributed by atoms with Crippen molar-refractivity contribution in [3.63, 3.8) is 0 Å². The van der Waals surface area contributed by atoms with Gasteiger partial charge in [0.1, 0.15) is 6.61 Å². The molecular formula is C30H39ClN4O5. The van der Waals surface area contributed by atoms with Gasteiger partial charge >= 0.3 is 5.97 Å². The van der Waals surface area contributed by atoms with E-state index >= 15 is 0 Å². The minimum Gasteiger partial charge on any atom is -0.477 e. The number of amides is 1. The Kier molecular flexibility index (Phi) is 10.2. The summed E-state index contributed by atoms with van der Waals surface area (Å²) in [5.74, 6) is -0.173. The van der Waals surface area contributed by atoms with Gasteiger partial charge < -0.3 is 25.3 Å². The van der Waals surface area contributed by atoms with Crippen molar-refractivity contribution in [2.45, 2.75) is 69.5 Å². The van der Waals surface area contributed by atoms with E-state index in [1.54, 1.807) is 13.0 Å². The van der Waals surface area contributed by atoms with Crippen LogP contribution in [-0.4, -0.2) is 79.2 Å². The fourth-order valence-corrected chi connectivity index (χ4v) is 5.41. The van der Waals surface area contributed by atoms with Gasteiger partial charge in [-0.1, -0.05) is 54.1 Å². The van der Waals surface area contributed by atoms with Crippen LogP contribution in [0.15, 0.2) is 59.6 Å². The number of methoxy groups -OCH3 is 1. The third-order valence-corrected chi connectivity index (χ3v) is 7.71. The lowest BCUT2D eigenvalue weighted by molar-refractivity contribution is -0.147. The summed E-state index contributed by atoms with van der Waals surface area (Å²) in [6, 6.07) is 16.2. The highest BCUT2D eigenvalue weighted by atomic mass is 35.5. The predicted octanol–water partition coefficient (Wildman–Crippen LogP) is 3.12. The van der Waals surface area contributed by atoms with Crippen LogP contribution in [0.1, 0.15) is 37.8 Å². The Morgan fingerprint density at radius 2 is 1.95 bits per heavy atom. The van der Waals surface area contributed by atoms with Crippen molar-refractivity contribution in [1.29, 1.82) is 0 Å². The van der Waals surface area contributed by atoms with E-state index in [2.05, 4.69) is 10.2 Å². The second-order valence-electron chi connectivity index (χ2n) is 10.6. The molecule has 1 saturated heterocycles. The number of esters is 1. The summed E-state index contributed by atoms with van der Waals surface area (Å²) in [4.78, 5) is 32.7. The van der Waals surface area contributed by atoms with Crippen LogP contribution < -0.4 is 11.1 Å². The number of likely N-dealkylation sites (tertiary alicyclic amines) is 1. The van der Waals surface area contributed by atoms with E-state index in [-0.39, 0.29) is 30.7 Å². The first-order valence-electron chi connectivity index (χ1n) is 13.7. The molecule has 10 heteroatoms.